The molecule has 0 bridgehead atoms. The first kappa shape index (κ1) is 15.6. The van der Waals surface area contributed by atoms with E-state index in [-0.39, 0.29) is 5.41 Å². The molecule has 0 aromatic heterocycles. The summed E-state index contributed by atoms with van der Waals surface area (Å²) in [4.78, 5) is 0. The van der Waals surface area contributed by atoms with Gasteiger partial charge < -0.3 is 25.3 Å². The average Bonchev–Trinajstić information content (AvgIpc) is 2.43. The van der Waals surface area contributed by atoms with Crippen LogP contribution in [0.1, 0.15) is 19.4 Å². The fraction of sp³-hybridized carbons (Fsp3) is 0.571. The largest absolute Gasteiger partial charge is 0.496 e. The highest BCUT2D eigenvalue weighted by Crippen LogP contribution is 2.40. The monoisotopic (exact) mass is 268 g/mol. The van der Waals surface area contributed by atoms with Crippen molar-refractivity contribution in [3.05, 3.63) is 17.7 Å². The van der Waals surface area contributed by atoms with Crippen LogP contribution in [-0.2, 0) is 5.41 Å². The molecule has 0 saturated heterocycles. The Labute approximate surface area is 115 Å². The second-order valence-electron chi connectivity index (χ2n) is 4.92. The number of rotatable bonds is 7. The fourth-order valence-corrected chi connectivity index (χ4v) is 2.04. The minimum Gasteiger partial charge on any atom is -0.496 e. The van der Waals surface area contributed by atoms with Crippen LogP contribution in [0.3, 0.4) is 0 Å². The molecule has 0 saturated carbocycles. The summed E-state index contributed by atoms with van der Waals surface area (Å²) in [5.41, 5.74) is 6.41. The van der Waals surface area contributed by atoms with Gasteiger partial charge in [-0.1, -0.05) is 13.8 Å². The summed E-state index contributed by atoms with van der Waals surface area (Å²) in [6.45, 7) is 5.44. The average molecular weight is 268 g/mol. The molecule has 0 unspecified atom stereocenters. The lowest BCUT2D eigenvalue weighted by Gasteiger charge is -2.28. The number of nitrogens with two attached hydrogens (primary N) is 1. The molecule has 5 nitrogen and oxygen atoms in total. The number of ether oxygens (including phenoxy) is 3. The van der Waals surface area contributed by atoms with Crippen LogP contribution in [0.15, 0.2) is 12.1 Å². The minimum atomic E-state index is -0.135. The molecule has 3 N–H and O–H groups in total. The lowest BCUT2D eigenvalue weighted by molar-refractivity contribution is 0.341. The molecule has 0 heterocycles. The Hall–Kier alpha value is -1.46. The van der Waals surface area contributed by atoms with Gasteiger partial charge in [-0.25, -0.2) is 0 Å². The molecule has 0 aliphatic carbocycles. The molecule has 5 heteroatoms. The van der Waals surface area contributed by atoms with Crippen molar-refractivity contribution in [2.24, 2.45) is 5.73 Å². The van der Waals surface area contributed by atoms with E-state index in [2.05, 4.69) is 19.2 Å². The van der Waals surface area contributed by atoms with E-state index in [1.54, 1.807) is 21.3 Å². The van der Waals surface area contributed by atoms with Crippen LogP contribution in [0.5, 0.6) is 17.2 Å². The van der Waals surface area contributed by atoms with Crippen molar-refractivity contribution in [2.45, 2.75) is 19.3 Å². The van der Waals surface area contributed by atoms with Gasteiger partial charge in [0.25, 0.3) is 0 Å². The van der Waals surface area contributed by atoms with Crippen LogP contribution in [0, 0.1) is 0 Å². The third kappa shape index (κ3) is 3.52. The quantitative estimate of drug-likeness (QED) is 0.734. The maximum Gasteiger partial charge on any atom is 0.164 e. The van der Waals surface area contributed by atoms with Crippen molar-refractivity contribution in [3.8, 4) is 17.2 Å². The summed E-state index contributed by atoms with van der Waals surface area (Å²) in [5, 5.41) is 3.15. The summed E-state index contributed by atoms with van der Waals surface area (Å²) in [6.07, 6.45) is 0. The molecule has 0 spiro atoms. The zero-order valence-electron chi connectivity index (χ0n) is 12.4. The van der Waals surface area contributed by atoms with Gasteiger partial charge in [0, 0.05) is 30.3 Å². The third-order valence-corrected chi connectivity index (χ3v) is 3.15. The van der Waals surface area contributed by atoms with Gasteiger partial charge in [0.05, 0.1) is 21.3 Å². The predicted octanol–water partition coefficient (Wildman–Crippen LogP) is 1.50. The van der Waals surface area contributed by atoms with Crippen molar-refractivity contribution < 1.29 is 14.2 Å². The normalized spacial score (nSPS) is 11.3. The number of hydrogen-bond donors (Lipinski definition) is 2. The van der Waals surface area contributed by atoms with Crippen molar-refractivity contribution >= 4 is 0 Å². The van der Waals surface area contributed by atoms with Crippen LogP contribution in [0.4, 0.5) is 0 Å². The zero-order valence-corrected chi connectivity index (χ0v) is 12.4. The van der Waals surface area contributed by atoms with Gasteiger partial charge in [0.15, 0.2) is 11.5 Å². The van der Waals surface area contributed by atoms with E-state index in [9.17, 15) is 0 Å². The van der Waals surface area contributed by atoms with Crippen LogP contribution in [-0.4, -0.2) is 34.5 Å². The standard InChI is InChI=1S/C14H24N2O3/c1-14(2,8-16-9-15)10-6-12(18-4)13(19-5)7-11(10)17-3/h6-7,16H,8-9,15H2,1-5H3. The molecule has 108 valence electrons. The van der Waals surface area contributed by atoms with Crippen molar-refractivity contribution in [3.63, 3.8) is 0 Å². The molecule has 0 atom stereocenters. The van der Waals surface area contributed by atoms with E-state index in [1.807, 2.05) is 12.1 Å². The highest BCUT2D eigenvalue weighted by atomic mass is 16.5. The third-order valence-electron chi connectivity index (χ3n) is 3.15. The Morgan fingerprint density at radius 3 is 2.00 bits per heavy atom. The number of nitrogens with one attached hydrogen (secondary N) is 1. The highest BCUT2D eigenvalue weighted by molar-refractivity contribution is 5.53. The molecule has 19 heavy (non-hydrogen) atoms. The fourth-order valence-electron chi connectivity index (χ4n) is 2.04. The molecule has 0 amide bonds. The first-order valence-electron chi connectivity index (χ1n) is 6.21. The Morgan fingerprint density at radius 2 is 1.53 bits per heavy atom. The predicted molar refractivity (Wildman–Crippen MR) is 76.2 cm³/mol. The van der Waals surface area contributed by atoms with Gasteiger partial charge in [-0.2, -0.15) is 0 Å². The summed E-state index contributed by atoms with van der Waals surface area (Å²) >= 11 is 0. The molecule has 1 aromatic carbocycles. The molecule has 0 radical (unpaired) electrons. The first-order chi connectivity index (χ1) is 9.00. The van der Waals surface area contributed by atoms with E-state index >= 15 is 0 Å². The van der Waals surface area contributed by atoms with Crippen molar-refractivity contribution in [1.29, 1.82) is 0 Å². The molecular formula is C14H24N2O3. The van der Waals surface area contributed by atoms with Crippen molar-refractivity contribution in [1.82, 2.24) is 5.32 Å². The van der Waals surface area contributed by atoms with Crippen LogP contribution in [0.25, 0.3) is 0 Å². The molecule has 1 rings (SSSR count). The lowest BCUT2D eigenvalue weighted by atomic mass is 9.83. The Morgan fingerprint density at radius 1 is 1.00 bits per heavy atom. The van der Waals surface area contributed by atoms with Gasteiger partial charge in [0.2, 0.25) is 0 Å². The van der Waals surface area contributed by atoms with Gasteiger partial charge in [-0.05, 0) is 6.07 Å². The van der Waals surface area contributed by atoms with Crippen LogP contribution >= 0.6 is 0 Å². The van der Waals surface area contributed by atoms with E-state index in [1.165, 1.54) is 0 Å². The van der Waals surface area contributed by atoms with Gasteiger partial charge in [0.1, 0.15) is 5.75 Å². The molecule has 0 fully saturated rings. The van der Waals surface area contributed by atoms with Gasteiger partial charge in [-0.3, -0.25) is 0 Å². The zero-order chi connectivity index (χ0) is 14.5. The van der Waals surface area contributed by atoms with E-state index in [0.717, 1.165) is 17.9 Å². The smallest absolute Gasteiger partial charge is 0.164 e. The van der Waals surface area contributed by atoms with E-state index < -0.39 is 0 Å². The lowest BCUT2D eigenvalue weighted by Crippen LogP contribution is -2.36. The molecular weight excluding hydrogens is 244 g/mol. The highest BCUT2D eigenvalue weighted by Gasteiger charge is 2.26. The van der Waals surface area contributed by atoms with Crippen molar-refractivity contribution in [2.75, 3.05) is 34.5 Å². The maximum atomic E-state index is 5.50. The molecule has 0 aliphatic heterocycles. The van der Waals surface area contributed by atoms with Gasteiger partial charge >= 0.3 is 0 Å². The Balaban J connectivity index is 3.24. The van der Waals surface area contributed by atoms with Crippen LogP contribution < -0.4 is 25.3 Å². The number of hydrogen-bond acceptors (Lipinski definition) is 5. The molecule has 1 aromatic rings. The topological polar surface area (TPSA) is 65.7 Å². The second-order valence-corrected chi connectivity index (χ2v) is 4.92. The number of methoxy groups -OCH3 is 3. The van der Waals surface area contributed by atoms with Crippen LogP contribution in [0.2, 0.25) is 0 Å². The van der Waals surface area contributed by atoms with E-state index in [4.69, 9.17) is 19.9 Å². The molecule has 0 aliphatic rings. The minimum absolute atomic E-state index is 0.135. The summed E-state index contributed by atoms with van der Waals surface area (Å²) in [7, 11) is 4.88. The second kappa shape index (κ2) is 6.63. The summed E-state index contributed by atoms with van der Waals surface area (Å²) in [6, 6.07) is 3.80. The Bertz CT molecular complexity index is 419. The SMILES string of the molecule is COc1cc(OC)c(C(C)(C)CNCN)cc1OC. The summed E-state index contributed by atoms with van der Waals surface area (Å²) in [5.74, 6) is 2.13. The Kier molecular flexibility index (Phi) is 5.44. The maximum absolute atomic E-state index is 5.50. The first-order valence-corrected chi connectivity index (χ1v) is 6.21. The number of benzene rings is 1. The van der Waals surface area contributed by atoms with E-state index in [0.29, 0.717) is 18.2 Å². The summed E-state index contributed by atoms with van der Waals surface area (Å²) < 4.78 is 16.1. The van der Waals surface area contributed by atoms with Gasteiger partial charge in [-0.15, -0.1) is 0 Å².